The molecule has 2 rings (SSSR count). The fourth-order valence-corrected chi connectivity index (χ4v) is 2.21. The zero-order valence-corrected chi connectivity index (χ0v) is 9.19. The van der Waals surface area contributed by atoms with Crippen LogP contribution >= 0.6 is 0 Å². The van der Waals surface area contributed by atoms with Crippen molar-refractivity contribution >= 4 is 5.95 Å². The normalized spacial score (nSPS) is 25.7. The number of nitrogens with one attached hydrogen (secondary N) is 1. The minimum atomic E-state index is -0.123. The van der Waals surface area contributed by atoms with Gasteiger partial charge in [-0.05, 0) is 19.8 Å². The Bertz CT molecular complexity index is 311. The predicted octanol–water partition coefficient (Wildman–Crippen LogP) is 1.48. The summed E-state index contributed by atoms with van der Waals surface area (Å²) >= 11 is 0. The molecule has 4 heteroatoms. The third kappa shape index (κ3) is 2.31. The predicted molar refractivity (Wildman–Crippen MR) is 59.7 cm³/mol. The van der Waals surface area contributed by atoms with Crippen LogP contribution < -0.4 is 5.32 Å². The summed E-state index contributed by atoms with van der Waals surface area (Å²) in [6.45, 7) is 3.85. The Hall–Kier alpha value is -1.03. The standard InChI is InChI=1S/C11H19N3O/c1-2-14-7-6-12-11(14)13-8-9-4-3-5-10(9)15/h6-7,9-10,15H,2-5,8H2,1H3,(H,12,13). The van der Waals surface area contributed by atoms with Gasteiger partial charge in [0.05, 0.1) is 6.10 Å². The second kappa shape index (κ2) is 4.66. The highest BCUT2D eigenvalue weighted by Gasteiger charge is 2.24. The van der Waals surface area contributed by atoms with Crippen LogP contribution in [0.1, 0.15) is 26.2 Å². The highest BCUT2D eigenvalue weighted by atomic mass is 16.3. The smallest absolute Gasteiger partial charge is 0.202 e. The first-order chi connectivity index (χ1) is 7.31. The van der Waals surface area contributed by atoms with Crippen LogP contribution in [-0.4, -0.2) is 27.3 Å². The maximum Gasteiger partial charge on any atom is 0.202 e. The van der Waals surface area contributed by atoms with Crippen LogP contribution in [0.2, 0.25) is 0 Å². The SMILES string of the molecule is CCn1ccnc1NCC1CCCC1O. The zero-order valence-electron chi connectivity index (χ0n) is 9.19. The van der Waals surface area contributed by atoms with Crippen LogP contribution in [0.15, 0.2) is 12.4 Å². The van der Waals surface area contributed by atoms with Crippen molar-refractivity contribution in [1.82, 2.24) is 9.55 Å². The van der Waals surface area contributed by atoms with Crippen LogP contribution in [0.3, 0.4) is 0 Å². The van der Waals surface area contributed by atoms with Gasteiger partial charge < -0.3 is 15.0 Å². The van der Waals surface area contributed by atoms with E-state index in [1.165, 1.54) is 0 Å². The molecule has 2 atom stereocenters. The molecule has 0 saturated heterocycles. The van der Waals surface area contributed by atoms with Crippen LogP contribution in [0.5, 0.6) is 0 Å². The molecule has 0 bridgehead atoms. The van der Waals surface area contributed by atoms with Gasteiger partial charge in [0.2, 0.25) is 5.95 Å². The molecule has 1 aromatic heterocycles. The van der Waals surface area contributed by atoms with Crippen molar-refractivity contribution in [2.75, 3.05) is 11.9 Å². The van der Waals surface area contributed by atoms with Crippen LogP contribution in [0, 0.1) is 5.92 Å². The van der Waals surface area contributed by atoms with Crippen LogP contribution in [0.25, 0.3) is 0 Å². The van der Waals surface area contributed by atoms with Crippen LogP contribution in [0.4, 0.5) is 5.95 Å². The summed E-state index contributed by atoms with van der Waals surface area (Å²) in [4.78, 5) is 4.24. The molecule has 1 aliphatic carbocycles. The molecular formula is C11H19N3O. The average molecular weight is 209 g/mol. The molecule has 84 valence electrons. The summed E-state index contributed by atoms with van der Waals surface area (Å²) in [6.07, 6.45) is 6.87. The minimum Gasteiger partial charge on any atom is -0.393 e. The monoisotopic (exact) mass is 209 g/mol. The zero-order chi connectivity index (χ0) is 10.7. The molecule has 0 aliphatic heterocycles. The van der Waals surface area contributed by atoms with Gasteiger partial charge in [-0.2, -0.15) is 0 Å². The Morgan fingerprint density at radius 2 is 2.47 bits per heavy atom. The van der Waals surface area contributed by atoms with E-state index in [-0.39, 0.29) is 6.10 Å². The van der Waals surface area contributed by atoms with Gasteiger partial charge in [-0.25, -0.2) is 4.98 Å². The largest absolute Gasteiger partial charge is 0.393 e. The Morgan fingerprint density at radius 1 is 1.60 bits per heavy atom. The van der Waals surface area contributed by atoms with Gasteiger partial charge in [-0.1, -0.05) is 6.42 Å². The van der Waals surface area contributed by atoms with Crippen molar-refractivity contribution in [1.29, 1.82) is 0 Å². The first kappa shape index (κ1) is 10.5. The summed E-state index contributed by atoms with van der Waals surface area (Å²) in [5.41, 5.74) is 0. The van der Waals surface area contributed by atoms with Crippen molar-refractivity contribution in [2.24, 2.45) is 5.92 Å². The van der Waals surface area contributed by atoms with Crippen molar-refractivity contribution in [3.05, 3.63) is 12.4 Å². The molecule has 2 N–H and O–H groups in total. The lowest BCUT2D eigenvalue weighted by atomic mass is 10.1. The van der Waals surface area contributed by atoms with Gasteiger partial charge in [-0.3, -0.25) is 0 Å². The van der Waals surface area contributed by atoms with Gasteiger partial charge in [0.1, 0.15) is 0 Å². The number of hydrogen-bond acceptors (Lipinski definition) is 3. The Labute approximate surface area is 90.3 Å². The third-order valence-corrected chi connectivity index (χ3v) is 3.20. The number of hydrogen-bond donors (Lipinski definition) is 2. The molecule has 2 unspecified atom stereocenters. The molecule has 1 aliphatic rings. The molecule has 1 saturated carbocycles. The fraction of sp³-hybridized carbons (Fsp3) is 0.727. The van der Waals surface area contributed by atoms with E-state index in [1.807, 2.05) is 6.20 Å². The van der Waals surface area contributed by atoms with Gasteiger partial charge in [-0.15, -0.1) is 0 Å². The highest BCUT2D eigenvalue weighted by molar-refractivity contribution is 5.25. The second-order valence-electron chi connectivity index (χ2n) is 4.18. The van der Waals surface area contributed by atoms with Gasteiger partial charge in [0.15, 0.2) is 0 Å². The molecule has 1 aromatic rings. The molecule has 0 radical (unpaired) electrons. The first-order valence-corrected chi connectivity index (χ1v) is 5.74. The molecule has 0 spiro atoms. The van der Waals surface area contributed by atoms with E-state index in [2.05, 4.69) is 21.8 Å². The van der Waals surface area contributed by atoms with Crippen molar-refractivity contribution < 1.29 is 5.11 Å². The topological polar surface area (TPSA) is 50.1 Å². The summed E-state index contributed by atoms with van der Waals surface area (Å²) in [5.74, 6) is 1.31. The van der Waals surface area contributed by atoms with E-state index in [4.69, 9.17) is 0 Å². The molecule has 0 amide bonds. The molecule has 1 fully saturated rings. The lowest BCUT2D eigenvalue weighted by Crippen LogP contribution is -2.23. The number of nitrogens with zero attached hydrogens (tertiary/aromatic N) is 2. The summed E-state index contributed by atoms with van der Waals surface area (Å²) < 4.78 is 2.07. The summed E-state index contributed by atoms with van der Waals surface area (Å²) in [7, 11) is 0. The Kier molecular flexibility index (Phi) is 3.26. The van der Waals surface area contributed by atoms with Gasteiger partial charge in [0.25, 0.3) is 0 Å². The average Bonchev–Trinajstić information content (AvgIpc) is 2.83. The fourth-order valence-electron chi connectivity index (χ4n) is 2.21. The lowest BCUT2D eigenvalue weighted by Gasteiger charge is -2.15. The van der Waals surface area contributed by atoms with Crippen molar-refractivity contribution in [2.45, 2.75) is 38.8 Å². The molecular weight excluding hydrogens is 190 g/mol. The number of aliphatic hydroxyl groups is 1. The molecule has 4 nitrogen and oxygen atoms in total. The van der Waals surface area contributed by atoms with E-state index in [0.717, 1.165) is 38.3 Å². The van der Waals surface area contributed by atoms with Crippen molar-refractivity contribution in [3.8, 4) is 0 Å². The minimum absolute atomic E-state index is 0.123. The number of aryl methyl sites for hydroxylation is 1. The molecule has 0 aromatic carbocycles. The molecule has 15 heavy (non-hydrogen) atoms. The lowest BCUT2D eigenvalue weighted by molar-refractivity contribution is 0.138. The van der Waals surface area contributed by atoms with E-state index >= 15 is 0 Å². The molecule has 1 heterocycles. The van der Waals surface area contributed by atoms with Crippen LogP contribution in [-0.2, 0) is 6.54 Å². The number of aliphatic hydroxyl groups excluding tert-OH is 1. The number of anilines is 1. The second-order valence-corrected chi connectivity index (χ2v) is 4.18. The van der Waals surface area contributed by atoms with Crippen molar-refractivity contribution in [3.63, 3.8) is 0 Å². The van der Waals surface area contributed by atoms with Gasteiger partial charge in [0, 0.05) is 31.4 Å². The van der Waals surface area contributed by atoms with E-state index < -0.39 is 0 Å². The quantitative estimate of drug-likeness (QED) is 0.789. The highest BCUT2D eigenvalue weighted by Crippen LogP contribution is 2.25. The number of aromatic nitrogens is 2. The number of imidazole rings is 1. The van der Waals surface area contributed by atoms with E-state index in [9.17, 15) is 5.11 Å². The van der Waals surface area contributed by atoms with Gasteiger partial charge >= 0.3 is 0 Å². The number of rotatable bonds is 4. The third-order valence-electron chi connectivity index (χ3n) is 3.20. The maximum absolute atomic E-state index is 9.68. The van der Waals surface area contributed by atoms with E-state index in [1.54, 1.807) is 6.20 Å². The first-order valence-electron chi connectivity index (χ1n) is 5.74. The Morgan fingerprint density at radius 3 is 3.13 bits per heavy atom. The van der Waals surface area contributed by atoms with E-state index in [0.29, 0.717) is 5.92 Å². The Balaban J connectivity index is 1.87. The summed E-state index contributed by atoms with van der Waals surface area (Å²) in [6, 6.07) is 0. The maximum atomic E-state index is 9.68. The summed E-state index contributed by atoms with van der Waals surface area (Å²) in [5, 5.41) is 13.0.